The zero-order valence-corrected chi connectivity index (χ0v) is 20.3. The van der Waals surface area contributed by atoms with Gasteiger partial charge in [-0.05, 0) is 84.1 Å². The van der Waals surface area contributed by atoms with Gasteiger partial charge in [-0.25, -0.2) is 9.37 Å². The molecule has 180 valence electrons. The third kappa shape index (κ3) is 5.03. The number of imidazole rings is 1. The Hall–Kier alpha value is -4.32. The summed E-state index contributed by atoms with van der Waals surface area (Å²) in [4.78, 5) is 21.5. The Morgan fingerprint density at radius 1 is 0.917 bits per heavy atom. The second kappa shape index (κ2) is 10.1. The molecule has 5 aromatic rings. The van der Waals surface area contributed by atoms with Crippen LogP contribution in [-0.2, 0) is 19.5 Å². The lowest BCUT2D eigenvalue weighted by Crippen LogP contribution is -2.22. The smallest absolute Gasteiger partial charge is 0.251 e. The number of hydrogen-bond acceptors (Lipinski definition) is 3. The average molecular weight is 479 g/mol. The minimum Gasteiger partial charge on any atom is -0.348 e. The summed E-state index contributed by atoms with van der Waals surface area (Å²) >= 11 is 0. The van der Waals surface area contributed by atoms with Crippen molar-refractivity contribution in [3.8, 4) is 0 Å². The molecule has 0 atom stereocenters. The molecular weight excluding hydrogens is 451 g/mol. The highest BCUT2D eigenvalue weighted by atomic mass is 19.1. The van der Waals surface area contributed by atoms with Gasteiger partial charge in [-0.3, -0.25) is 9.78 Å². The van der Waals surface area contributed by atoms with Crippen LogP contribution in [0.2, 0.25) is 0 Å². The number of carbonyl (C=O) groups excluding carboxylic acids is 1. The number of hydrogen-bond donors (Lipinski definition) is 1. The van der Waals surface area contributed by atoms with E-state index in [1.54, 1.807) is 24.5 Å². The van der Waals surface area contributed by atoms with Crippen molar-refractivity contribution in [2.75, 3.05) is 0 Å². The molecule has 0 aliphatic heterocycles. The van der Waals surface area contributed by atoms with Crippen molar-refractivity contribution < 1.29 is 9.18 Å². The maximum Gasteiger partial charge on any atom is 0.251 e. The number of pyridine rings is 1. The number of rotatable bonds is 7. The number of fused-ring (bicyclic) bond motifs is 1. The second-order valence-corrected chi connectivity index (χ2v) is 9.04. The van der Waals surface area contributed by atoms with Crippen molar-refractivity contribution in [1.82, 2.24) is 19.9 Å². The molecule has 6 heteroatoms. The number of aryl methyl sites for hydroxylation is 2. The summed E-state index contributed by atoms with van der Waals surface area (Å²) in [6.07, 6.45) is 3.81. The van der Waals surface area contributed by atoms with Gasteiger partial charge >= 0.3 is 0 Å². The fraction of sp³-hybridized carbons (Fsp3) is 0.167. The molecule has 0 unspecified atom stereocenters. The predicted molar refractivity (Wildman–Crippen MR) is 139 cm³/mol. The number of nitrogens with one attached hydrogen (secondary N) is 1. The van der Waals surface area contributed by atoms with E-state index in [9.17, 15) is 9.18 Å². The molecule has 5 rings (SSSR count). The normalized spacial score (nSPS) is 11.1. The summed E-state index contributed by atoms with van der Waals surface area (Å²) in [5, 5.41) is 2.94. The lowest BCUT2D eigenvalue weighted by molar-refractivity contribution is 0.0951. The maximum absolute atomic E-state index is 14.4. The molecule has 0 radical (unpaired) electrons. The number of carbonyl (C=O) groups is 1. The molecule has 5 nitrogen and oxygen atoms in total. The van der Waals surface area contributed by atoms with E-state index in [1.165, 1.54) is 17.2 Å². The van der Waals surface area contributed by atoms with E-state index < -0.39 is 0 Å². The Morgan fingerprint density at radius 3 is 2.39 bits per heavy atom. The minimum atomic E-state index is -0.231. The Bertz CT molecular complexity index is 1520. The maximum atomic E-state index is 14.4. The van der Waals surface area contributed by atoms with Crippen molar-refractivity contribution in [2.24, 2.45) is 0 Å². The number of benzene rings is 3. The second-order valence-electron chi connectivity index (χ2n) is 9.04. The highest BCUT2D eigenvalue weighted by Crippen LogP contribution is 2.24. The van der Waals surface area contributed by atoms with Gasteiger partial charge in [0, 0.05) is 37.5 Å². The summed E-state index contributed by atoms with van der Waals surface area (Å²) in [5.41, 5.74) is 7.52. The van der Waals surface area contributed by atoms with Gasteiger partial charge in [0.1, 0.15) is 11.6 Å². The summed E-state index contributed by atoms with van der Waals surface area (Å²) in [7, 11) is 0. The predicted octanol–water partition coefficient (Wildman–Crippen LogP) is 5.76. The fourth-order valence-electron chi connectivity index (χ4n) is 4.28. The van der Waals surface area contributed by atoms with Crippen molar-refractivity contribution in [1.29, 1.82) is 0 Å². The molecule has 0 aliphatic carbocycles. The zero-order valence-electron chi connectivity index (χ0n) is 20.3. The number of halogens is 1. The van der Waals surface area contributed by atoms with Crippen LogP contribution in [0, 0.1) is 19.7 Å². The van der Waals surface area contributed by atoms with Crippen molar-refractivity contribution in [3.05, 3.63) is 130 Å². The van der Waals surface area contributed by atoms with Gasteiger partial charge in [0.15, 0.2) is 0 Å². The van der Waals surface area contributed by atoms with Crippen LogP contribution in [0.5, 0.6) is 0 Å². The van der Waals surface area contributed by atoms with Crippen molar-refractivity contribution in [3.63, 3.8) is 0 Å². The summed E-state index contributed by atoms with van der Waals surface area (Å²) < 4.78 is 16.6. The van der Waals surface area contributed by atoms with Crippen LogP contribution in [0.1, 0.15) is 44.0 Å². The van der Waals surface area contributed by atoms with Gasteiger partial charge < -0.3 is 9.88 Å². The van der Waals surface area contributed by atoms with Crippen LogP contribution in [0.15, 0.2) is 85.2 Å². The van der Waals surface area contributed by atoms with Crippen molar-refractivity contribution in [2.45, 2.75) is 33.4 Å². The summed E-state index contributed by atoms with van der Waals surface area (Å²) in [6, 6.07) is 22.4. The molecule has 2 heterocycles. The van der Waals surface area contributed by atoms with Crippen LogP contribution in [-0.4, -0.2) is 20.4 Å². The summed E-state index contributed by atoms with van der Waals surface area (Å²) in [6.45, 7) is 5.18. The van der Waals surface area contributed by atoms with Crippen LogP contribution in [0.4, 0.5) is 4.39 Å². The Morgan fingerprint density at radius 2 is 1.64 bits per heavy atom. The van der Waals surface area contributed by atoms with Crippen LogP contribution < -0.4 is 5.32 Å². The van der Waals surface area contributed by atoms with Gasteiger partial charge in [0.05, 0.1) is 11.0 Å². The molecule has 0 saturated carbocycles. The average Bonchev–Trinajstić information content (AvgIpc) is 3.20. The van der Waals surface area contributed by atoms with Crippen LogP contribution in [0.25, 0.3) is 11.0 Å². The fourth-order valence-corrected chi connectivity index (χ4v) is 4.28. The third-order valence-electron chi connectivity index (χ3n) is 6.51. The first-order valence-electron chi connectivity index (χ1n) is 11.9. The van der Waals surface area contributed by atoms with E-state index in [0.717, 1.165) is 28.0 Å². The van der Waals surface area contributed by atoms with Gasteiger partial charge in [-0.1, -0.05) is 30.3 Å². The topological polar surface area (TPSA) is 59.8 Å². The zero-order chi connectivity index (χ0) is 25.1. The number of amides is 1. The SMILES string of the molecule is Cc1cc2nc(Cc3ccccc3F)n(Cc3ccc(C(=O)NCc4ccncc4)cc3)c2cc1C. The highest BCUT2D eigenvalue weighted by Gasteiger charge is 2.15. The van der Waals surface area contributed by atoms with Gasteiger partial charge in [0.2, 0.25) is 0 Å². The van der Waals surface area contributed by atoms with E-state index in [0.29, 0.717) is 30.6 Å². The molecule has 0 saturated heterocycles. The molecule has 3 aromatic carbocycles. The molecular formula is C30H27FN4O. The molecule has 0 aliphatic rings. The molecule has 0 fully saturated rings. The largest absolute Gasteiger partial charge is 0.348 e. The third-order valence-corrected chi connectivity index (χ3v) is 6.51. The number of nitrogens with zero attached hydrogens (tertiary/aromatic N) is 3. The lowest BCUT2D eigenvalue weighted by atomic mass is 10.1. The molecule has 1 N–H and O–H groups in total. The molecule has 36 heavy (non-hydrogen) atoms. The van der Waals surface area contributed by atoms with E-state index in [1.807, 2.05) is 42.5 Å². The highest BCUT2D eigenvalue weighted by molar-refractivity contribution is 5.94. The molecule has 2 aromatic heterocycles. The van der Waals surface area contributed by atoms with E-state index in [4.69, 9.17) is 4.98 Å². The summed E-state index contributed by atoms with van der Waals surface area (Å²) in [5.74, 6) is 0.447. The van der Waals surface area contributed by atoms with Gasteiger partial charge in [-0.15, -0.1) is 0 Å². The van der Waals surface area contributed by atoms with Crippen LogP contribution >= 0.6 is 0 Å². The Balaban J connectivity index is 1.40. The first kappa shape index (κ1) is 23.4. The quantitative estimate of drug-likeness (QED) is 0.324. The van der Waals surface area contributed by atoms with E-state index in [2.05, 4.69) is 40.8 Å². The van der Waals surface area contributed by atoms with E-state index in [-0.39, 0.29) is 11.7 Å². The van der Waals surface area contributed by atoms with Crippen LogP contribution in [0.3, 0.4) is 0 Å². The Kier molecular flexibility index (Phi) is 6.58. The Labute approximate surface area is 209 Å². The van der Waals surface area contributed by atoms with Crippen molar-refractivity contribution >= 4 is 16.9 Å². The minimum absolute atomic E-state index is 0.127. The van der Waals surface area contributed by atoms with Gasteiger partial charge in [0.25, 0.3) is 5.91 Å². The molecule has 1 amide bonds. The molecule has 0 bridgehead atoms. The first-order valence-corrected chi connectivity index (χ1v) is 11.9. The van der Waals surface area contributed by atoms with Gasteiger partial charge in [-0.2, -0.15) is 0 Å². The standard InChI is InChI=1S/C30H27FN4O/c1-20-15-27-28(16-21(20)2)35(29(34-27)17-25-5-3-4-6-26(25)31)19-23-7-9-24(10-8-23)30(36)33-18-22-11-13-32-14-12-22/h3-16H,17-19H2,1-2H3,(H,33,36). The van der Waals surface area contributed by atoms with E-state index >= 15 is 0 Å². The lowest BCUT2D eigenvalue weighted by Gasteiger charge is -2.12. The molecule has 0 spiro atoms. The number of aromatic nitrogens is 3. The monoisotopic (exact) mass is 478 g/mol. The first-order chi connectivity index (χ1) is 17.5.